The lowest BCUT2D eigenvalue weighted by molar-refractivity contribution is 0.0679. The van der Waals surface area contributed by atoms with Crippen LogP contribution in [0, 0.1) is 5.92 Å². The summed E-state index contributed by atoms with van der Waals surface area (Å²) in [6.07, 6.45) is 6.78. The minimum atomic E-state index is 0.492. The molecule has 2 heteroatoms. The van der Waals surface area contributed by atoms with Crippen LogP contribution in [0.25, 0.3) is 0 Å². The maximum absolute atomic E-state index is 6.12. The average Bonchev–Trinajstić information content (AvgIpc) is 2.12. The molecule has 1 saturated carbocycles. The van der Waals surface area contributed by atoms with Gasteiger partial charge in [-0.15, -0.1) is 0 Å². The third-order valence-electron chi connectivity index (χ3n) is 3.71. The van der Waals surface area contributed by atoms with Crippen molar-refractivity contribution in [2.45, 2.75) is 44.2 Å². The van der Waals surface area contributed by atoms with Crippen LogP contribution in [-0.4, -0.2) is 30.6 Å². The molecule has 2 aliphatic rings. The van der Waals surface area contributed by atoms with E-state index in [1.54, 1.807) is 0 Å². The van der Waals surface area contributed by atoms with E-state index in [9.17, 15) is 0 Å². The number of likely N-dealkylation sites (tertiary alicyclic amines) is 1. The van der Waals surface area contributed by atoms with Crippen molar-refractivity contribution < 1.29 is 0 Å². The van der Waals surface area contributed by atoms with Gasteiger partial charge in [-0.1, -0.05) is 12.8 Å². The lowest BCUT2D eigenvalue weighted by Gasteiger charge is -2.45. The first-order valence-electron chi connectivity index (χ1n) is 5.25. The molecule has 2 nitrogen and oxygen atoms in total. The van der Waals surface area contributed by atoms with E-state index in [2.05, 4.69) is 11.9 Å². The zero-order valence-electron chi connectivity index (χ0n) is 8.00. The normalized spacial score (nSPS) is 44.0. The summed E-state index contributed by atoms with van der Waals surface area (Å²) in [5.41, 5.74) is 6.12. The molecule has 0 aromatic rings. The van der Waals surface area contributed by atoms with Gasteiger partial charge in [0.05, 0.1) is 0 Å². The fourth-order valence-corrected chi connectivity index (χ4v) is 2.92. The Kier molecular flexibility index (Phi) is 2.37. The third kappa shape index (κ3) is 1.38. The Balaban J connectivity index is 2.05. The molecule has 0 aromatic heterocycles. The molecule has 2 fully saturated rings. The van der Waals surface area contributed by atoms with E-state index in [1.165, 1.54) is 38.6 Å². The topological polar surface area (TPSA) is 29.3 Å². The second kappa shape index (κ2) is 3.35. The SMILES string of the molecule is CN1CC[C@@H](N)[C@@H]2CCCC[C@@H]21. The molecular weight excluding hydrogens is 148 g/mol. The molecule has 12 heavy (non-hydrogen) atoms. The minimum Gasteiger partial charge on any atom is -0.327 e. The summed E-state index contributed by atoms with van der Waals surface area (Å²) in [5, 5.41) is 0. The number of piperidine rings is 1. The van der Waals surface area contributed by atoms with E-state index in [0.717, 1.165) is 12.0 Å². The van der Waals surface area contributed by atoms with Gasteiger partial charge < -0.3 is 10.6 Å². The smallest absolute Gasteiger partial charge is 0.0135 e. The second-order valence-electron chi connectivity index (χ2n) is 4.45. The van der Waals surface area contributed by atoms with Crippen molar-refractivity contribution in [3.63, 3.8) is 0 Å². The van der Waals surface area contributed by atoms with Crippen LogP contribution in [0.1, 0.15) is 32.1 Å². The third-order valence-corrected chi connectivity index (χ3v) is 3.71. The molecule has 3 atom stereocenters. The second-order valence-corrected chi connectivity index (χ2v) is 4.45. The quantitative estimate of drug-likeness (QED) is 0.589. The van der Waals surface area contributed by atoms with Crippen molar-refractivity contribution in [2.24, 2.45) is 11.7 Å². The Morgan fingerprint density at radius 1 is 1.17 bits per heavy atom. The molecule has 70 valence electrons. The Morgan fingerprint density at radius 3 is 2.67 bits per heavy atom. The largest absolute Gasteiger partial charge is 0.327 e. The molecular formula is C10H20N2. The van der Waals surface area contributed by atoms with Crippen LogP contribution >= 0.6 is 0 Å². The van der Waals surface area contributed by atoms with Gasteiger partial charge in [-0.25, -0.2) is 0 Å². The van der Waals surface area contributed by atoms with E-state index >= 15 is 0 Å². The highest BCUT2D eigenvalue weighted by Crippen LogP contribution is 2.33. The lowest BCUT2D eigenvalue weighted by atomic mass is 9.76. The Hall–Kier alpha value is -0.0800. The fourth-order valence-electron chi connectivity index (χ4n) is 2.92. The Labute approximate surface area is 75.1 Å². The predicted molar refractivity (Wildman–Crippen MR) is 51.0 cm³/mol. The van der Waals surface area contributed by atoms with Crippen molar-refractivity contribution in [1.82, 2.24) is 4.90 Å². The Morgan fingerprint density at radius 2 is 1.92 bits per heavy atom. The van der Waals surface area contributed by atoms with Gasteiger partial charge in [0, 0.05) is 12.1 Å². The number of rotatable bonds is 0. The molecule has 0 aromatic carbocycles. The van der Waals surface area contributed by atoms with Crippen LogP contribution in [0.3, 0.4) is 0 Å². The summed E-state index contributed by atoms with van der Waals surface area (Å²) in [7, 11) is 2.26. The summed E-state index contributed by atoms with van der Waals surface area (Å²) in [6.45, 7) is 1.21. The van der Waals surface area contributed by atoms with Gasteiger partial charge in [0.1, 0.15) is 0 Å². The van der Waals surface area contributed by atoms with Gasteiger partial charge in [0.15, 0.2) is 0 Å². The fraction of sp³-hybridized carbons (Fsp3) is 1.00. The van der Waals surface area contributed by atoms with Gasteiger partial charge in [0.2, 0.25) is 0 Å². The number of nitrogens with two attached hydrogens (primary N) is 1. The van der Waals surface area contributed by atoms with E-state index in [1.807, 2.05) is 0 Å². The molecule has 0 amide bonds. The maximum Gasteiger partial charge on any atom is 0.0135 e. The number of fused-ring (bicyclic) bond motifs is 1. The average molecular weight is 168 g/mol. The molecule has 1 heterocycles. The molecule has 1 aliphatic carbocycles. The molecule has 1 saturated heterocycles. The maximum atomic E-state index is 6.12. The van der Waals surface area contributed by atoms with Crippen molar-refractivity contribution in [1.29, 1.82) is 0 Å². The van der Waals surface area contributed by atoms with Crippen LogP contribution in [0.4, 0.5) is 0 Å². The van der Waals surface area contributed by atoms with Crippen molar-refractivity contribution in [2.75, 3.05) is 13.6 Å². The molecule has 0 spiro atoms. The van der Waals surface area contributed by atoms with Crippen molar-refractivity contribution >= 4 is 0 Å². The summed E-state index contributed by atoms with van der Waals surface area (Å²) in [5.74, 6) is 0.803. The van der Waals surface area contributed by atoms with Gasteiger partial charge >= 0.3 is 0 Å². The summed E-state index contributed by atoms with van der Waals surface area (Å²) in [4.78, 5) is 2.52. The van der Waals surface area contributed by atoms with Gasteiger partial charge in [0.25, 0.3) is 0 Å². The highest BCUT2D eigenvalue weighted by atomic mass is 15.1. The van der Waals surface area contributed by atoms with Crippen LogP contribution in [0.5, 0.6) is 0 Å². The van der Waals surface area contributed by atoms with E-state index in [4.69, 9.17) is 5.73 Å². The van der Waals surface area contributed by atoms with Crippen molar-refractivity contribution in [3.8, 4) is 0 Å². The van der Waals surface area contributed by atoms with Gasteiger partial charge in [-0.05, 0) is 38.8 Å². The molecule has 2 N–H and O–H groups in total. The van der Waals surface area contributed by atoms with Crippen LogP contribution in [0.15, 0.2) is 0 Å². The molecule has 2 rings (SSSR count). The molecule has 1 aliphatic heterocycles. The lowest BCUT2D eigenvalue weighted by Crippen LogP contribution is -2.53. The molecule has 0 bridgehead atoms. The van der Waals surface area contributed by atoms with E-state index in [-0.39, 0.29) is 0 Å². The van der Waals surface area contributed by atoms with Crippen molar-refractivity contribution in [3.05, 3.63) is 0 Å². The van der Waals surface area contributed by atoms with Crippen LogP contribution in [-0.2, 0) is 0 Å². The first-order valence-corrected chi connectivity index (χ1v) is 5.25. The monoisotopic (exact) mass is 168 g/mol. The summed E-state index contributed by atoms with van der Waals surface area (Å²) < 4.78 is 0. The van der Waals surface area contributed by atoms with Gasteiger partial charge in [-0.2, -0.15) is 0 Å². The summed E-state index contributed by atoms with van der Waals surface area (Å²) >= 11 is 0. The van der Waals surface area contributed by atoms with E-state index in [0.29, 0.717) is 6.04 Å². The van der Waals surface area contributed by atoms with Crippen LogP contribution < -0.4 is 5.73 Å². The number of nitrogens with zero attached hydrogens (tertiary/aromatic N) is 1. The molecule has 0 unspecified atom stereocenters. The predicted octanol–water partition coefficient (Wildman–Crippen LogP) is 1.21. The number of hydrogen-bond donors (Lipinski definition) is 1. The Bertz CT molecular complexity index is 140. The standard InChI is InChI=1S/C10H20N2/c1-12-7-6-9(11)8-4-2-3-5-10(8)12/h8-10H,2-7,11H2,1H3/t8-,9+,10-/m0/s1. The first kappa shape index (κ1) is 8.52. The summed E-state index contributed by atoms with van der Waals surface area (Å²) in [6, 6.07) is 1.30. The van der Waals surface area contributed by atoms with Crippen LogP contribution in [0.2, 0.25) is 0 Å². The zero-order chi connectivity index (χ0) is 8.55. The highest BCUT2D eigenvalue weighted by molar-refractivity contribution is 4.92. The zero-order valence-corrected chi connectivity index (χ0v) is 8.00. The number of hydrogen-bond acceptors (Lipinski definition) is 2. The highest BCUT2D eigenvalue weighted by Gasteiger charge is 2.35. The minimum absolute atomic E-state index is 0.492. The van der Waals surface area contributed by atoms with Gasteiger partial charge in [-0.3, -0.25) is 0 Å². The molecule has 0 radical (unpaired) electrons. The van der Waals surface area contributed by atoms with E-state index < -0.39 is 0 Å². The first-order chi connectivity index (χ1) is 5.79.